The fourth-order valence-corrected chi connectivity index (χ4v) is 2.18. The van der Waals surface area contributed by atoms with Crippen LogP contribution in [0.5, 0.6) is 0 Å². The van der Waals surface area contributed by atoms with Gasteiger partial charge in [-0.05, 0) is 24.2 Å². The number of hydrogen-bond donors (Lipinski definition) is 2. The summed E-state index contributed by atoms with van der Waals surface area (Å²) in [4.78, 5) is 20.3. The molecule has 0 unspecified atom stereocenters. The van der Waals surface area contributed by atoms with Crippen LogP contribution >= 0.6 is 0 Å². The van der Waals surface area contributed by atoms with Crippen LogP contribution in [0.4, 0.5) is 4.79 Å². The molecular formula is C11H22O6Si. The van der Waals surface area contributed by atoms with E-state index in [4.69, 9.17) is 9.90 Å². The van der Waals surface area contributed by atoms with Crippen LogP contribution in [-0.4, -0.2) is 25.2 Å². The standard InChI is InChI=1S/C10H20.CH2O6Si/c1-10(2,3)9-7-5-4-6-8-9;2-1(3)6-7-8(4)5/h9H,4-8H2,1-3H3;4H,(H,2,3). The van der Waals surface area contributed by atoms with Gasteiger partial charge in [-0.15, -0.1) is 0 Å². The molecule has 0 atom stereocenters. The van der Waals surface area contributed by atoms with Gasteiger partial charge in [0, 0.05) is 0 Å². The largest absolute Gasteiger partial charge is 0.808 e. The van der Waals surface area contributed by atoms with Gasteiger partial charge in [-0.1, -0.05) is 40.0 Å². The molecular weight excluding hydrogens is 256 g/mol. The van der Waals surface area contributed by atoms with Crippen molar-refractivity contribution < 1.29 is 28.6 Å². The topological polar surface area (TPSA) is 93.1 Å². The van der Waals surface area contributed by atoms with Crippen LogP contribution in [-0.2, 0) is 13.9 Å². The molecule has 2 N–H and O–H groups in total. The Morgan fingerprint density at radius 3 is 1.94 bits per heavy atom. The van der Waals surface area contributed by atoms with E-state index in [2.05, 4.69) is 30.2 Å². The van der Waals surface area contributed by atoms with Crippen LogP contribution in [0, 0.1) is 11.3 Å². The van der Waals surface area contributed by atoms with E-state index in [1.165, 1.54) is 32.1 Å². The molecule has 0 aromatic heterocycles. The Labute approximate surface area is 109 Å². The smallest absolute Gasteiger partial charge is 0.510 e. The predicted molar refractivity (Wildman–Crippen MR) is 64.9 cm³/mol. The summed E-state index contributed by atoms with van der Waals surface area (Å²) in [6.45, 7) is 7.13. The first kappa shape index (κ1) is 16.9. The maximum Gasteiger partial charge on any atom is 0.808 e. The molecule has 0 amide bonds. The van der Waals surface area contributed by atoms with Gasteiger partial charge in [0.2, 0.25) is 0 Å². The highest BCUT2D eigenvalue weighted by Gasteiger charge is 2.25. The molecule has 1 aliphatic carbocycles. The minimum absolute atomic E-state index is 0.570. The first-order chi connectivity index (χ1) is 8.23. The first-order valence-electron chi connectivity index (χ1n) is 6.04. The van der Waals surface area contributed by atoms with Crippen molar-refractivity contribution in [2.24, 2.45) is 11.3 Å². The summed E-state index contributed by atoms with van der Waals surface area (Å²) in [6.07, 6.45) is 5.63. The molecule has 1 rings (SSSR count). The third kappa shape index (κ3) is 8.97. The van der Waals surface area contributed by atoms with Gasteiger partial charge < -0.3 is 9.90 Å². The van der Waals surface area contributed by atoms with Crippen LogP contribution < -0.4 is 0 Å². The zero-order chi connectivity index (χ0) is 14.2. The molecule has 0 heterocycles. The van der Waals surface area contributed by atoms with Crippen molar-refractivity contribution in [2.45, 2.75) is 52.9 Å². The van der Waals surface area contributed by atoms with E-state index >= 15 is 0 Å². The quantitative estimate of drug-likeness (QED) is 0.458. The summed E-state index contributed by atoms with van der Waals surface area (Å²) in [7, 11) is -3.28. The monoisotopic (exact) mass is 278 g/mol. The third-order valence-electron chi connectivity index (χ3n) is 3.01. The summed E-state index contributed by atoms with van der Waals surface area (Å²) in [5.41, 5.74) is 0.570. The van der Waals surface area contributed by atoms with Crippen molar-refractivity contribution in [1.29, 1.82) is 0 Å². The zero-order valence-corrected chi connectivity index (χ0v) is 12.1. The Kier molecular flexibility index (Phi) is 7.57. The summed E-state index contributed by atoms with van der Waals surface area (Å²) in [6, 6.07) is 0. The van der Waals surface area contributed by atoms with Gasteiger partial charge in [0.1, 0.15) is 0 Å². The fourth-order valence-electron chi connectivity index (χ4n) is 2.04. The summed E-state index contributed by atoms with van der Waals surface area (Å²) in [5.74, 6) is 1.00. The van der Waals surface area contributed by atoms with Crippen molar-refractivity contribution in [2.75, 3.05) is 0 Å². The molecule has 0 spiro atoms. The van der Waals surface area contributed by atoms with Crippen molar-refractivity contribution in [1.82, 2.24) is 0 Å². The Bertz CT molecular complexity index is 253. The van der Waals surface area contributed by atoms with Gasteiger partial charge in [0.15, 0.2) is 0 Å². The maximum absolute atomic E-state index is 9.48. The molecule has 1 aliphatic rings. The van der Waals surface area contributed by atoms with Gasteiger partial charge in [-0.25, -0.2) is 9.68 Å². The molecule has 0 aliphatic heterocycles. The Morgan fingerprint density at radius 1 is 1.22 bits per heavy atom. The summed E-state index contributed by atoms with van der Waals surface area (Å²) in [5, 5.41) is 7.58. The Hall–Kier alpha value is -1.11. The van der Waals surface area contributed by atoms with Crippen molar-refractivity contribution in [3.05, 3.63) is 0 Å². The van der Waals surface area contributed by atoms with Crippen LogP contribution in [0.3, 0.4) is 0 Å². The number of carbonyl (C=O) groups is 1. The number of carboxylic acid groups (broad SMARTS) is 1. The second-order valence-corrected chi connectivity index (χ2v) is 6.10. The van der Waals surface area contributed by atoms with Gasteiger partial charge in [-0.3, -0.25) is 9.04 Å². The van der Waals surface area contributed by atoms with Crippen LogP contribution in [0.2, 0.25) is 0 Å². The second-order valence-electron chi connectivity index (χ2n) is 5.40. The predicted octanol–water partition coefficient (Wildman–Crippen LogP) is 2.63. The van der Waals surface area contributed by atoms with Gasteiger partial charge in [0.05, 0.1) is 0 Å². The van der Waals surface area contributed by atoms with E-state index in [0.29, 0.717) is 5.41 Å². The lowest BCUT2D eigenvalue weighted by Crippen LogP contribution is -2.22. The molecule has 7 heteroatoms. The fraction of sp³-hybridized carbons (Fsp3) is 0.909. The molecule has 18 heavy (non-hydrogen) atoms. The molecule has 106 valence electrons. The highest BCUT2D eigenvalue weighted by molar-refractivity contribution is 6.23. The van der Waals surface area contributed by atoms with E-state index in [9.17, 15) is 9.26 Å². The lowest BCUT2D eigenvalue weighted by molar-refractivity contribution is -0.181. The zero-order valence-electron chi connectivity index (χ0n) is 11.1. The maximum atomic E-state index is 9.48. The average molecular weight is 278 g/mol. The highest BCUT2D eigenvalue weighted by atomic mass is 28.3. The van der Waals surface area contributed by atoms with Gasteiger partial charge in [-0.2, -0.15) is 0 Å². The van der Waals surface area contributed by atoms with Crippen LogP contribution in [0.1, 0.15) is 52.9 Å². The molecule has 1 fully saturated rings. The van der Waals surface area contributed by atoms with E-state index < -0.39 is 15.3 Å². The van der Waals surface area contributed by atoms with E-state index in [-0.39, 0.29) is 0 Å². The van der Waals surface area contributed by atoms with Gasteiger partial charge >= 0.3 is 15.3 Å². The number of hydrogen-bond acceptors (Lipinski definition) is 4. The third-order valence-corrected chi connectivity index (χ3v) is 3.24. The Morgan fingerprint density at radius 2 is 1.72 bits per heavy atom. The summed E-state index contributed by atoms with van der Waals surface area (Å²) >= 11 is 0. The van der Waals surface area contributed by atoms with Gasteiger partial charge in [0.25, 0.3) is 0 Å². The van der Waals surface area contributed by atoms with Crippen LogP contribution in [0.15, 0.2) is 0 Å². The average Bonchev–Trinajstić information content (AvgIpc) is 2.27. The van der Waals surface area contributed by atoms with Crippen LogP contribution in [0.25, 0.3) is 0 Å². The van der Waals surface area contributed by atoms with E-state index in [0.717, 1.165) is 5.92 Å². The molecule has 1 saturated carbocycles. The molecule has 0 aromatic rings. The number of rotatable bonds is 2. The highest BCUT2D eigenvalue weighted by Crippen LogP contribution is 2.37. The molecule has 0 bridgehead atoms. The van der Waals surface area contributed by atoms with E-state index in [1.807, 2.05) is 0 Å². The molecule has 0 aromatic carbocycles. The SMILES string of the molecule is CC(C)(C)C1CCCCC1.O=C(O)OO[Si](=O)O. The lowest BCUT2D eigenvalue weighted by atomic mass is 9.72. The van der Waals surface area contributed by atoms with Crippen molar-refractivity contribution in [3.8, 4) is 0 Å². The molecule has 6 nitrogen and oxygen atoms in total. The minimum atomic E-state index is -3.28. The molecule has 0 saturated heterocycles. The molecule has 0 radical (unpaired) electrons. The second kappa shape index (κ2) is 8.07. The first-order valence-corrected chi connectivity index (χ1v) is 7.30. The minimum Gasteiger partial charge on any atom is -0.510 e. The lowest BCUT2D eigenvalue weighted by Gasteiger charge is -2.33. The summed E-state index contributed by atoms with van der Waals surface area (Å²) < 4.78 is 12.8. The Balaban J connectivity index is 0.000000331. The van der Waals surface area contributed by atoms with Crippen molar-refractivity contribution >= 4 is 15.3 Å². The van der Waals surface area contributed by atoms with Crippen molar-refractivity contribution in [3.63, 3.8) is 0 Å². The normalized spacial score (nSPS) is 16.2. The van der Waals surface area contributed by atoms with E-state index in [1.54, 1.807) is 0 Å².